The van der Waals surface area contributed by atoms with E-state index in [0.29, 0.717) is 24.5 Å². The number of ether oxygens (including phenoxy) is 2. The summed E-state index contributed by atoms with van der Waals surface area (Å²) in [4.78, 5) is 26.1. The third-order valence-corrected chi connectivity index (χ3v) is 7.03. The molecule has 4 aliphatic heterocycles. The molecule has 2 fully saturated rings. The van der Waals surface area contributed by atoms with Crippen molar-refractivity contribution >= 4 is 23.6 Å². The Morgan fingerprint density at radius 2 is 2.06 bits per heavy atom. The molecule has 2 aromatic rings. The van der Waals surface area contributed by atoms with E-state index in [4.69, 9.17) is 14.0 Å². The molecule has 6 rings (SSSR count). The van der Waals surface area contributed by atoms with Crippen LogP contribution in [0.1, 0.15) is 70.3 Å². The van der Waals surface area contributed by atoms with Gasteiger partial charge in [-0.15, -0.1) is 0 Å². The molecule has 174 valence electrons. The van der Waals surface area contributed by atoms with Crippen molar-refractivity contribution in [2.24, 2.45) is 4.99 Å². The second kappa shape index (κ2) is 7.07. The smallest absolute Gasteiger partial charge is 0.255 e. The first-order valence-electron chi connectivity index (χ1n) is 11.4. The molecule has 33 heavy (non-hydrogen) atoms. The third kappa shape index (κ3) is 3.11. The molecule has 1 amide bonds. The quantitative estimate of drug-likeness (QED) is 0.697. The van der Waals surface area contributed by atoms with Crippen molar-refractivity contribution < 1.29 is 23.2 Å². The van der Waals surface area contributed by atoms with Crippen LogP contribution in [0, 0.1) is 5.82 Å². The highest BCUT2D eigenvalue weighted by atomic mass is 19.1. The third-order valence-electron chi connectivity index (χ3n) is 7.03. The summed E-state index contributed by atoms with van der Waals surface area (Å²) in [5.41, 5.74) is -0.402. The van der Waals surface area contributed by atoms with Crippen LogP contribution in [0.2, 0.25) is 0 Å². The Bertz CT molecular complexity index is 1140. The monoisotopic (exact) mass is 455 g/mol. The molecule has 0 spiro atoms. The van der Waals surface area contributed by atoms with E-state index >= 15 is 4.39 Å². The molecule has 1 aromatic carbocycles. The molecule has 5 heterocycles. The number of amides is 1. The maximum Gasteiger partial charge on any atom is 0.255 e. The van der Waals surface area contributed by atoms with Crippen LogP contribution in [0.25, 0.3) is 0 Å². The number of anilines is 2. The van der Waals surface area contributed by atoms with Gasteiger partial charge in [-0.3, -0.25) is 14.7 Å². The van der Waals surface area contributed by atoms with Crippen LogP contribution in [-0.4, -0.2) is 46.4 Å². The van der Waals surface area contributed by atoms with Crippen molar-refractivity contribution in [3.63, 3.8) is 0 Å². The minimum absolute atomic E-state index is 0.211. The molecule has 0 saturated carbocycles. The van der Waals surface area contributed by atoms with Gasteiger partial charge in [-0.1, -0.05) is 11.2 Å². The normalized spacial score (nSPS) is 32.5. The Morgan fingerprint density at radius 3 is 2.79 bits per heavy atom. The number of rotatable bonds is 3. The first-order chi connectivity index (χ1) is 15.8. The number of fused-ring (bicyclic) bond motifs is 3. The van der Waals surface area contributed by atoms with Crippen molar-refractivity contribution in [1.82, 2.24) is 10.1 Å². The number of para-hydroxylation sites is 1. The summed E-state index contributed by atoms with van der Waals surface area (Å²) in [6, 6.07) is 3.29. The number of carbonyl (C=O) groups is 1. The van der Waals surface area contributed by atoms with E-state index in [2.05, 4.69) is 15.1 Å². The molecule has 0 bridgehead atoms. The first-order valence-corrected chi connectivity index (χ1v) is 11.4. The zero-order valence-electron chi connectivity index (χ0n) is 18.8. The molecular formula is C23H26FN5O4. The lowest BCUT2D eigenvalue weighted by atomic mass is 9.97. The van der Waals surface area contributed by atoms with Crippen molar-refractivity contribution in [1.29, 1.82) is 0 Å². The average Bonchev–Trinajstić information content (AvgIpc) is 3.54. The Labute approximate surface area is 190 Å². The molecule has 4 atom stereocenters. The lowest BCUT2D eigenvalue weighted by Gasteiger charge is -2.45. The number of carbonyl (C=O) groups excluding carboxylic acids is 1. The summed E-state index contributed by atoms with van der Waals surface area (Å²) in [5, 5.41) is 4.13. The van der Waals surface area contributed by atoms with Crippen LogP contribution in [0.3, 0.4) is 0 Å². The van der Waals surface area contributed by atoms with E-state index in [0.717, 1.165) is 19.3 Å². The second-order valence-electron chi connectivity index (χ2n) is 9.87. The number of benzene rings is 1. The Morgan fingerprint density at radius 1 is 1.21 bits per heavy atom. The fraction of sp³-hybridized carbons (Fsp3) is 0.565. The lowest BCUT2D eigenvalue weighted by molar-refractivity contribution is -0.125. The number of halogens is 1. The minimum Gasteiger partial charge on any atom is -0.364 e. The maximum atomic E-state index is 15.1. The zero-order valence-corrected chi connectivity index (χ0v) is 18.8. The lowest BCUT2D eigenvalue weighted by Crippen LogP contribution is -2.60. The number of nitrogens with zero attached hydrogens (tertiary/aromatic N) is 5. The predicted octanol–water partition coefficient (Wildman–Crippen LogP) is 3.67. The summed E-state index contributed by atoms with van der Waals surface area (Å²) < 4.78 is 32.6. The van der Waals surface area contributed by atoms with Gasteiger partial charge in [-0.25, -0.2) is 4.39 Å². The number of aromatic nitrogens is 2. The molecule has 4 aliphatic rings. The van der Waals surface area contributed by atoms with Gasteiger partial charge in [0.05, 0.1) is 17.6 Å². The summed E-state index contributed by atoms with van der Waals surface area (Å²) in [6.07, 6.45) is 4.41. The fourth-order valence-electron chi connectivity index (χ4n) is 5.36. The molecule has 0 radical (unpaired) electrons. The van der Waals surface area contributed by atoms with Crippen molar-refractivity contribution in [3.05, 3.63) is 35.7 Å². The first kappa shape index (κ1) is 20.7. The number of hydrogen-bond donors (Lipinski definition) is 0. The SMILES string of the molecule is CC1(C)CCC(c2noc(C3N=CN4c5cccc(F)c5N(C5(C)CCCO5)C(=O)C34)n2)O1. The zero-order chi connectivity index (χ0) is 23.0. The predicted molar refractivity (Wildman–Crippen MR) is 116 cm³/mol. The van der Waals surface area contributed by atoms with Crippen LogP contribution >= 0.6 is 0 Å². The van der Waals surface area contributed by atoms with Crippen LogP contribution in [0.4, 0.5) is 15.8 Å². The molecule has 4 unspecified atom stereocenters. The van der Waals surface area contributed by atoms with Crippen molar-refractivity contribution in [2.45, 2.75) is 76.0 Å². The summed E-state index contributed by atoms with van der Waals surface area (Å²) in [7, 11) is 0. The van der Waals surface area contributed by atoms with E-state index < -0.39 is 23.6 Å². The van der Waals surface area contributed by atoms with E-state index in [1.54, 1.807) is 23.4 Å². The molecule has 0 aliphatic carbocycles. The van der Waals surface area contributed by atoms with Gasteiger partial charge in [0, 0.05) is 6.61 Å². The van der Waals surface area contributed by atoms with Crippen LogP contribution in [0.5, 0.6) is 0 Å². The van der Waals surface area contributed by atoms with Gasteiger partial charge in [-0.2, -0.15) is 4.98 Å². The Balaban J connectivity index is 1.38. The topological polar surface area (TPSA) is 93.3 Å². The highest BCUT2D eigenvalue weighted by molar-refractivity contribution is 6.12. The fourth-order valence-corrected chi connectivity index (χ4v) is 5.36. The van der Waals surface area contributed by atoms with Crippen molar-refractivity contribution in [2.75, 3.05) is 16.4 Å². The molecular weight excluding hydrogens is 429 g/mol. The second-order valence-corrected chi connectivity index (χ2v) is 9.87. The highest BCUT2D eigenvalue weighted by Gasteiger charge is 2.54. The van der Waals surface area contributed by atoms with Crippen LogP contribution in [-0.2, 0) is 14.3 Å². The molecule has 1 aromatic heterocycles. The standard InChI is InChI=1S/C23H26FN5O4/c1-22(2)10-8-15(32-22)19-26-20(33-27-19)16-18-21(30)29(23(3)9-5-11-31-23)17-13(24)6-4-7-14(17)28(18)12-25-16/h4,6-7,12,15-16,18H,5,8-11H2,1-3H3. The van der Waals surface area contributed by atoms with E-state index in [-0.39, 0.29) is 29.2 Å². The molecule has 0 N–H and O–H groups in total. The van der Waals surface area contributed by atoms with Gasteiger partial charge in [0.2, 0.25) is 5.82 Å². The van der Waals surface area contributed by atoms with Gasteiger partial charge in [0.15, 0.2) is 6.04 Å². The van der Waals surface area contributed by atoms with E-state index in [1.165, 1.54) is 11.0 Å². The van der Waals surface area contributed by atoms with Crippen molar-refractivity contribution in [3.8, 4) is 0 Å². The maximum absolute atomic E-state index is 15.1. The summed E-state index contributed by atoms with van der Waals surface area (Å²) >= 11 is 0. The van der Waals surface area contributed by atoms with Gasteiger partial charge < -0.3 is 18.9 Å². The average molecular weight is 455 g/mol. The van der Waals surface area contributed by atoms with Gasteiger partial charge in [0.1, 0.15) is 29.4 Å². The summed E-state index contributed by atoms with van der Waals surface area (Å²) in [6.45, 7) is 6.41. The Kier molecular flexibility index (Phi) is 4.44. The summed E-state index contributed by atoms with van der Waals surface area (Å²) in [5.74, 6) is -0.0824. The van der Waals surface area contributed by atoms with Gasteiger partial charge >= 0.3 is 0 Å². The largest absolute Gasteiger partial charge is 0.364 e. The number of aliphatic imine (C=N–C) groups is 1. The molecule has 2 saturated heterocycles. The van der Waals surface area contributed by atoms with E-state index in [1.807, 2.05) is 20.8 Å². The minimum atomic E-state index is -0.934. The van der Waals surface area contributed by atoms with E-state index in [9.17, 15) is 4.79 Å². The highest BCUT2D eigenvalue weighted by Crippen LogP contribution is 2.48. The van der Waals surface area contributed by atoms with Crippen LogP contribution < -0.4 is 9.80 Å². The Hall–Kier alpha value is -2.85. The molecule has 9 nitrogen and oxygen atoms in total. The van der Waals surface area contributed by atoms with Crippen LogP contribution in [0.15, 0.2) is 27.7 Å². The van der Waals surface area contributed by atoms with Gasteiger partial charge in [0.25, 0.3) is 11.8 Å². The van der Waals surface area contributed by atoms with Gasteiger partial charge in [-0.05, 0) is 58.6 Å². The molecule has 10 heteroatoms. The number of hydrogen-bond acceptors (Lipinski definition) is 8.